The van der Waals surface area contributed by atoms with Crippen LogP contribution in [0, 0.1) is 0 Å². The van der Waals surface area contributed by atoms with Crippen LogP contribution in [-0.2, 0) is 19.4 Å². The molecule has 1 aliphatic carbocycles. The van der Waals surface area contributed by atoms with E-state index in [0.29, 0.717) is 12.4 Å². The Morgan fingerprint density at radius 3 is 2.39 bits per heavy atom. The molecule has 0 bridgehead atoms. The van der Waals surface area contributed by atoms with Gasteiger partial charge < -0.3 is 9.84 Å². The standard InChI is InChI=1S/C21H18O2/c22-20-13-19-17(11-10-16-8-4-5-9-18(16)19)12-21(20)23-14-15-6-2-1-3-7-15/h1-9,12-13,22H,10-11,14H2. The van der Waals surface area contributed by atoms with Crippen molar-refractivity contribution in [1.29, 1.82) is 0 Å². The zero-order chi connectivity index (χ0) is 15.6. The first-order valence-electron chi connectivity index (χ1n) is 7.92. The Kier molecular flexibility index (Phi) is 3.51. The summed E-state index contributed by atoms with van der Waals surface area (Å²) >= 11 is 0. The van der Waals surface area contributed by atoms with Crippen LogP contribution in [0.15, 0.2) is 66.7 Å². The molecular weight excluding hydrogens is 284 g/mol. The van der Waals surface area contributed by atoms with Gasteiger partial charge in [0.05, 0.1) is 0 Å². The van der Waals surface area contributed by atoms with Crippen LogP contribution in [0.4, 0.5) is 0 Å². The van der Waals surface area contributed by atoms with E-state index in [0.717, 1.165) is 24.0 Å². The normalized spacial score (nSPS) is 12.3. The van der Waals surface area contributed by atoms with Crippen molar-refractivity contribution in [2.75, 3.05) is 0 Å². The number of aromatic hydroxyl groups is 1. The van der Waals surface area contributed by atoms with Gasteiger partial charge in [-0.2, -0.15) is 0 Å². The van der Waals surface area contributed by atoms with E-state index in [1.165, 1.54) is 16.7 Å². The molecule has 4 rings (SSSR count). The maximum atomic E-state index is 10.3. The van der Waals surface area contributed by atoms with Gasteiger partial charge in [0.2, 0.25) is 0 Å². The predicted molar refractivity (Wildman–Crippen MR) is 91.7 cm³/mol. The Labute approximate surface area is 136 Å². The number of hydrogen-bond acceptors (Lipinski definition) is 2. The Balaban J connectivity index is 1.64. The number of ether oxygens (including phenoxy) is 1. The van der Waals surface area contributed by atoms with Crippen LogP contribution in [0.25, 0.3) is 11.1 Å². The van der Waals surface area contributed by atoms with E-state index in [9.17, 15) is 5.11 Å². The second-order valence-electron chi connectivity index (χ2n) is 5.91. The van der Waals surface area contributed by atoms with Gasteiger partial charge in [-0.05, 0) is 52.8 Å². The number of hydrogen-bond donors (Lipinski definition) is 1. The quantitative estimate of drug-likeness (QED) is 0.757. The molecule has 0 fully saturated rings. The third-order valence-corrected chi connectivity index (χ3v) is 4.39. The topological polar surface area (TPSA) is 29.5 Å². The molecule has 0 spiro atoms. The van der Waals surface area contributed by atoms with Gasteiger partial charge in [0.1, 0.15) is 6.61 Å². The minimum Gasteiger partial charge on any atom is -0.504 e. The molecule has 0 heterocycles. The molecule has 114 valence electrons. The molecule has 0 aromatic heterocycles. The van der Waals surface area contributed by atoms with E-state index in [4.69, 9.17) is 4.74 Å². The Bertz CT molecular complexity index is 838. The molecule has 3 aromatic rings. The summed E-state index contributed by atoms with van der Waals surface area (Å²) in [5.41, 5.74) is 6.02. The third-order valence-electron chi connectivity index (χ3n) is 4.39. The fraction of sp³-hybridized carbons (Fsp3) is 0.143. The molecular formula is C21H18O2. The molecule has 0 radical (unpaired) electrons. The smallest absolute Gasteiger partial charge is 0.161 e. The zero-order valence-electron chi connectivity index (χ0n) is 12.8. The summed E-state index contributed by atoms with van der Waals surface area (Å²) in [6, 6.07) is 22.2. The summed E-state index contributed by atoms with van der Waals surface area (Å²) in [5.74, 6) is 0.767. The fourth-order valence-electron chi connectivity index (χ4n) is 3.19. The number of aryl methyl sites for hydroxylation is 2. The highest BCUT2D eigenvalue weighted by Crippen LogP contribution is 2.40. The average molecular weight is 302 g/mol. The average Bonchev–Trinajstić information content (AvgIpc) is 2.61. The van der Waals surface area contributed by atoms with Gasteiger partial charge in [0, 0.05) is 0 Å². The van der Waals surface area contributed by atoms with E-state index in [2.05, 4.69) is 18.2 Å². The van der Waals surface area contributed by atoms with E-state index in [1.54, 1.807) is 0 Å². The molecule has 0 saturated heterocycles. The highest BCUT2D eigenvalue weighted by atomic mass is 16.5. The van der Waals surface area contributed by atoms with Gasteiger partial charge in [-0.3, -0.25) is 0 Å². The van der Waals surface area contributed by atoms with Crippen molar-refractivity contribution in [3.05, 3.63) is 83.4 Å². The van der Waals surface area contributed by atoms with Crippen LogP contribution >= 0.6 is 0 Å². The first kappa shape index (κ1) is 13.9. The summed E-state index contributed by atoms with van der Waals surface area (Å²) in [5, 5.41) is 10.3. The largest absolute Gasteiger partial charge is 0.504 e. The minimum absolute atomic E-state index is 0.205. The molecule has 0 unspecified atom stereocenters. The van der Waals surface area contributed by atoms with Gasteiger partial charge >= 0.3 is 0 Å². The fourth-order valence-corrected chi connectivity index (χ4v) is 3.19. The predicted octanol–water partition coefficient (Wildman–Crippen LogP) is 4.74. The van der Waals surface area contributed by atoms with Crippen molar-refractivity contribution >= 4 is 0 Å². The highest BCUT2D eigenvalue weighted by molar-refractivity contribution is 5.75. The molecule has 0 saturated carbocycles. The lowest BCUT2D eigenvalue weighted by atomic mass is 9.85. The number of rotatable bonds is 3. The molecule has 3 aromatic carbocycles. The molecule has 1 aliphatic rings. The van der Waals surface area contributed by atoms with Crippen LogP contribution in [0.3, 0.4) is 0 Å². The molecule has 2 nitrogen and oxygen atoms in total. The SMILES string of the molecule is Oc1cc2c(cc1OCc1ccccc1)CCc1ccccc1-2. The summed E-state index contributed by atoms with van der Waals surface area (Å²) < 4.78 is 5.83. The van der Waals surface area contributed by atoms with E-state index >= 15 is 0 Å². The van der Waals surface area contributed by atoms with Crippen molar-refractivity contribution in [1.82, 2.24) is 0 Å². The summed E-state index contributed by atoms with van der Waals surface area (Å²) in [7, 11) is 0. The van der Waals surface area contributed by atoms with Crippen LogP contribution in [0.2, 0.25) is 0 Å². The first-order valence-corrected chi connectivity index (χ1v) is 7.92. The maximum Gasteiger partial charge on any atom is 0.161 e. The number of phenolic OH excluding ortho intramolecular Hbond substituents is 1. The van der Waals surface area contributed by atoms with Crippen LogP contribution < -0.4 is 4.74 Å². The van der Waals surface area contributed by atoms with Crippen LogP contribution in [0.1, 0.15) is 16.7 Å². The van der Waals surface area contributed by atoms with Crippen molar-refractivity contribution in [3.63, 3.8) is 0 Å². The lowest BCUT2D eigenvalue weighted by Gasteiger charge is -2.21. The van der Waals surface area contributed by atoms with Gasteiger partial charge in [0.15, 0.2) is 11.5 Å². The second-order valence-corrected chi connectivity index (χ2v) is 5.91. The number of fused-ring (bicyclic) bond motifs is 3. The van der Waals surface area contributed by atoms with Crippen molar-refractivity contribution in [2.24, 2.45) is 0 Å². The third kappa shape index (κ3) is 2.68. The molecule has 0 aliphatic heterocycles. The lowest BCUT2D eigenvalue weighted by Crippen LogP contribution is -2.05. The summed E-state index contributed by atoms with van der Waals surface area (Å²) in [4.78, 5) is 0. The molecule has 0 atom stereocenters. The van der Waals surface area contributed by atoms with Gasteiger partial charge in [0.25, 0.3) is 0 Å². The van der Waals surface area contributed by atoms with Gasteiger partial charge in [-0.1, -0.05) is 54.6 Å². The maximum absolute atomic E-state index is 10.3. The van der Waals surface area contributed by atoms with E-state index in [1.807, 2.05) is 48.5 Å². The summed E-state index contributed by atoms with van der Waals surface area (Å²) in [6.07, 6.45) is 2.01. The zero-order valence-corrected chi connectivity index (χ0v) is 12.8. The minimum atomic E-state index is 0.205. The molecule has 23 heavy (non-hydrogen) atoms. The monoisotopic (exact) mass is 302 g/mol. The molecule has 2 heteroatoms. The first-order chi connectivity index (χ1) is 11.3. The molecule has 1 N–H and O–H groups in total. The Hall–Kier alpha value is -2.74. The van der Waals surface area contributed by atoms with E-state index in [-0.39, 0.29) is 5.75 Å². The van der Waals surface area contributed by atoms with Crippen molar-refractivity contribution in [3.8, 4) is 22.6 Å². The van der Waals surface area contributed by atoms with Crippen molar-refractivity contribution < 1.29 is 9.84 Å². The van der Waals surface area contributed by atoms with E-state index < -0.39 is 0 Å². The van der Waals surface area contributed by atoms with Crippen LogP contribution in [-0.4, -0.2) is 5.11 Å². The molecule has 0 amide bonds. The summed E-state index contributed by atoms with van der Waals surface area (Å²) in [6.45, 7) is 0.462. The van der Waals surface area contributed by atoms with Gasteiger partial charge in [-0.25, -0.2) is 0 Å². The second kappa shape index (κ2) is 5.81. The Morgan fingerprint density at radius 1 is 0.783 bits per heavy atom. The van der Waals surface area contributed by atoms with Gasteiger partial charge in [-0.15, -0.1) is 0 Å². The Morgan fingerprint density at radius 2 is 1.52 bits per heavy atom. The highest BCUT2D eigenvalue weighted by Gasteiger charge is 2.18. The van der Waals surface area contributed by atoms with Crippen molar-refractivity contribution in [2.45, 2.75) is 19.4 Å². The lowest BCUT2D eigenvalue weighted by molar-refractivity contribution is 0.289. The van der Waals surface area contributed by atoms with Crippen LogP contribution in [0.5, 0.6) is 11.5 Å². The number of phenols is 1. The number of benzene rings is 3.